The molecule has 5 nitrogen and oxygen atoms in total. The number of hydrogen-bond donors (Lipinski definition) is 1. The van der Waals surface area contributed by atoms with Crippen LogP contribution >= 0.6 is 23.1 Å². The Morgan fingerprint density at radius 3 is 2.62 bits per heavy atom. The number of hydrogen-bond acceptors (Lipinski definition) is 5. The van der Waals surface area contributed by atoms with Crippen molar-refractivity contribution in [1.29, 1.82) is 0 Å². The summed E-state index contributed by atoms with van der Waals surface area (Å²) in [7, 11) is 0. The van der Waals surface area contributed by atoms with E-state index in [0.29, 0.717) is 0 Å². The number of aromatic nitrogens is 2. The number of likely N-dealkylation sites (tertiary alicyclic amines) is 1. The van der Waals surface area contributed by atoms with E-state index in [1.165, 1.54) is 4.88 Å². The summed E-state index contributed by atoms with van der Waals surface area (Å²) in [5.41, 5.74) is 3.52. The Hall–Kier alpha value is -2.61. The number of carbonyl (C=O) groups is 1. The summed E-state index contributed by atoms with van der Waals surface area (Å²) >= 11 is 3.52. The molecule has 1 saturated heterocycles. The van der Waals surface area contributed by atoms with Gasteiger partial charge < -0.3 is 9.88 Å². The van der Waals surface area contributed by atoms with Gasteiger partial charge >= 0.3 is 5.69 Å². The second kappa shape index (κ2) is 10.3. The second-order valence-corrected chi connectivity index (χ2v) is 11.5. The minimum Gasteiger partial charge on any atom is -0.306 e. The number of thiophene rings is 1. The Kier molecular flexibility index (Phi) is 7.04. The molecule has 0 unspecified atom stereocenters. The minimum absolute atomic E-state index is 0.00291. The number of nitrogens with zero attached hydrogens (tertiary/aromatic N) is 2. The van der Waals surface area contributed by atoms with Gasteiger partial charge in [-0.05, 0) is 50.9 Å². The third-order valence-electron chi connectivity index (χ3n) is 6.50. The van der Waals surface area contributed by atoms with Crippen LogP contribution in [0.4, 0.5) is 0 Å². The number of benzene rings is 2. The first-order valence-corrected chi connectivity index (χ1v) is 13.6. The first-order valence-electron chi connectivity index (χ1n) is 11.8. The normalized spacial score (nSPS) is 15.2. The second-order valence-electron chi connectivity index (χ2n) is 8.85. The maximum absolute atomic E-state index is 13.0. The lowest BCUT2D eigenvalue weighted by molar-refractivity contribution is 0.103. The molecule has 1 fully saturated rings. The summed E-state index contributed by atoms with van der Waals surface area (Å²) < 4.78 is 3.08. The van der Waals surface area contributed by atoms with Crippen molar-refractivity contribution in [3.05, 3.63) is 87.2 Å². The summed E-state index contributed by atoms with van der Waals surface area (Å²) in [6.45, 7) is 5.14. The minimum atomic E-state index is 0.00291. The van der Waals surface area contributed by atoms with Crippen molar-refractivity contribution >= 4 is 39.9 Å². The van der Waals surface area contributed by atoms with Crippen LogP contribution in [0.5, 0.6) is 0 Å². The zero-order valence-corrected chi connectivity index (χ0v) is 21.0. The molecule has 0 atom stereocenters. The monoisotopic (exact) mass is 491 g/mol. The average Bonchev–Trinajstić information content (AvgIpc) is 3.40. The van der Waals surface area contributed by atoms with Gasteiger partial charge in [0, 0.05) is 40.9 Å². The lowest BCUT2D eigenvalue weighted by Gasteiger charge is -2.32. The quantitative estimate of drug-likeness (QED) is 0.194. The molecule has 7 heteroatoms. The van der Waals surface area contributed by atoms with Crippen LogP contribution in [0, 0.1) is 6.92 Å². The molecule has 0 bridgehead atoms. The molecule has 34 heavy (non-hydrogen) atoms. The molecular weight excluding hydrogens is 462 g/mol. The molecule has 0 spiro atoms. The van der Waals surface area contributed by atoms with E-state index >= 15 is 0 Å². The molecule has 1 aliphatic heterocycles. The maximum atomic E-state index is 13.0. The Bertz CT molecular complexity index is 1330. The highest BCUT2D eigenvalue weighted by Gasteiger charge is 2.23. The van der Waals surface area contributed by atoms with Crippen molar-refractivity contribution in [3.63, 3.8) is 0 Å². The van der Waals surface area contributed by atoms with Crippen molar-refractivity contribution in [2.45, 2.75) is 36.4 Å². The van der Waals surface area contributed by atoms with E-state index < -0.39 is 0 Å². The molecule has 0 amide bonds. The molecule has 0 saturated carbocycles. The predicted molar refractivity (Wildman–Crippen MR) is 142 cm³/mol. The Balaban J connectivity index is 1.13. The highest BCUT2D eigenvalue weighted by molar-refractivity contribution is 8.01. The summed E-state index contributed by atoms with van der Waals surface area (Å²) in [4.78, 5) is 32.1. The van der Waals surface area contributed by atoms with Gasteiger partial charge in [-0.3, -0.25) is 9.36 Å². The highest BCUT2D eigenvalue weighted by Crippen LogP contribution is 2.34. The number of aryl methyl sites for hydroxylation is 1. The van der Waals surface area contributed by atoms with Crippen molar-refractivity contribution in [1.82, 2.24) is 14.5 Å². The molecule has 0 aliphatic carbocycles. The molecule has 5 rings (SSSR count). The number of nitrogens with one attached hydrogen (secondary N) is 1. The number of H-pyrrole nitrogens is 1. The van der Waals surface area contributed by atoms with Gasteiger partial charge in [-0.25, -0.2) is 4.79 Å². The number of rotatable bonds is 8. The van der Waals surface area contributed by atoms with Crippen LogP contribution in [0.1, 0.15) is 46.1 Å². The zero-order valence-electron chi connectivity index (χ0n) is 19.3. The third kappa shape index (κ3) is 4.92. The van der Waals surface area contributed by atoms with Crippen LogP contribution in [-0.4, -0.2) is 45.6 Å². The topological polar surface area (TPSA) is 58.1 Å². The van der Waals surface area contributed by atoms with E-state index in [4.69, 9.17) is 0 Å². The van der Waals surface area contributed by atoms with E-state index in [0.717, 1.165) is 71.0 Å². The third-order valence-corrected chi connectivity index (χ3v) is 8.92. The van der Waals surface area contributed by atoms with Gasteiger partial charge in [0.25, 0.3) is 0 Å². The summed E-state index contributed by atoms with van der Waals surface area (Å²) in [5.74, 6) is 1.11. The van der Waals surface area contributed by atoms with E-state index in [1.807, 2.05) is 65.2 Å². The predicted octanol–water partition coefficient (Wildman–Crippen LogP) is 5.75. The lowest BCUT2D eigenvalue weighted by atomic mass is 10.0. The molecular formula is C27H29N3O2S2. The molecule has 2 aromatic carbocycles. The fraction of sp³-hybridized carbons (Fsp3) is 0.333. The Morgan fingerprint density at radius 2 is 1.82 bits per heavy atom. The van der Waals surface area contributed by atoms with Crippen molar-refractivity contribution in [2.24, 2.45) is 0 Å². The summed E-state index contributed by atoms with van der Waals surface area (Å²) in [6.07, 6.45) is 3.07. The van der Waals surface area contributed by atoms with Crippen molar-refractivity contribution in [2.75, 3.05) is 25.4 Å². The first-order chi connectivity index (χ1) is 16.6. The smallest absolute Gasteiger partial charge is 0.306 e. The standard InChI is InChI=1S/C27H29N3O2S2/c1-19-18-22(25(31)20-8-3-2-4-9-20)26(34-19)33-17-7-14-29-15-12-21(13-16-29)30-24-11-6-5-10-23(24)28-27(30)32/h2-6,8-11,18,21H,7,12-17H2,1H3,(H,28,32). The number of para-hydroxylation sites is 2. The van der Waals surface area contributed by atoms with Gasteiger partial charge in [-0.15, -0.1) is 23.1 Å². The Morgan fingerprint density at radius 1 is 1.09 bits per heavy atom. The lowest BCUT2D eigenvalue weighted by Crippen LogP contribution is -2.37. The molecule has 4 aromatic rings. The van der Waals surface area contributed by atoms with Gasteiger partial charge in [0.1, 0.15) is 0 Å². The maximum Gasteiger partial charge on any atom is 0.326 e. The number of imidazole rings is 1. The van der Waals surface area contributed by atoms with Crippen molar-refractivity contribution < 1.29 is 4.79 Å². The van der Waals surface area contributed by atoms with Gasteiger partial charge in [0.2, 0.25) is 0 Å². The fourth-order valence-electron chi connectivity index (χ4n) is 4.79. The van der Waals surface area contributed by atoms with Crippen LogP contribution < -0.4 is 5.69 Å². The van der Waals surface area contributed by atoms with Gasteiger partial charge in [0.15, 0.2) is 5.78 Å². The SMILES string of the molecule is Cc1cc(C(=O)c2ccccc2)c(SCCCN2CCC(n3c(=O)[nH]c4ccccc43)CC2)s1. The largest absolute Gasteiger partial charge is 0.326 e. The van der Waals surface area contributed by atoms with Gasteiger partial charge in [-0.2, -0.15) is 0 Å². The number of aromatic amines is 1. The number of thioether (sulfide) groups is 1. The molecule has 3 heterocycles. The number of piperidine rings is 1. The van der Waals surface area contributed by atoms with Gasteiger partial charge in [0.05, 0.1) is 15.2 Å². The van der Waals surface area contributed by atoms with Crippen LogP contribution in [0.25, 0.3) is 11.0 Å². The first kappa shape index (κ1) is 23.1. The highest BCUT2D eigenvalue weighted by atomic mass is 32.2. The van der Waals surface area contributed by atoms with Gasteiger partial charge in [-0.1, -0.05) is 42.5 Å². The fourth-order valence-corrected chi connectivity index (χ4v) is 7.17. The molecule has 2 aromatic heterocycles. The zero-order chi connectivity index (χ0) is 23.5. The van der Waals surface area contributed by atoms with Crippen LogP contribution in [0.2, 0.25) is 0 Å². The number of fused-ring (bicyclic) bond motifs is 1. The number of ketones is 1. The molecule has 1 aliphatic rings. The van der Waals surface area contributed by atoms with Crippen LogP contribution in [0.3, 0.4) is 0 Å². The van der Waals surface area contributed by atoms with E-state index in [1.54, 1.807) is 23.1 Å². The Labute approximate surface area is 207 Å². The van der Waals surface area contributed by atoms with E-state index in [2.05, 4.69) is 16.8 Å². The summed E-state index contributed by atoms with van der Waals surface area (Å²) in [5, 5.41) is 0. The van der Waals surface area contributed by atoms with Crippen LogP contribution in [-0.2, 0) is 0 Å². The number of carbonyl (C=O) groups excluding carboxylic acids is 1. The molecule has 0 radical (unpaired) electrons. The van der Waals surface area contributed by atoms with E-state index in [9.17, 15) is 9.59 Å². The van der Waals surface area contributed by atoms with E-state index in [-0.39, 0.29) is 17.5 Å². The van der Waals surface area contributed by atoms with Crippen molar-refractivity contribution in [3.8, 4) is 0 Å². The molecule has 176 valence electrons. The van der Waals surface area contributed by atoms with Crippen LogP contribution in [0.15, 0.2) is 69.7 Å². The average molecular weight is 492 g/mol. The summed E-state index contributed by atoms with van der Waals surface area (Å²) in [6, 6.07) is 19.8. The molecule has 1 N–H and O–H groups in total.